The van der Waals surface area contributed by atoms with Gasteiger partial charge in [0.1, 0.15) is 0 Å². The maximum Gasteiger partial charge on any atom is 0.0970 e. The highest BCUT2D eigenvalue weighted by atomic mass is 15.2. The first-order valence-corrected chi connectivity index (χ1v) is 7.57. The lowest BCUT2D eigenvalue weighted by atomic mass is 10.00. The average molecular weight is 266 g/mol. The van der Waals surface area contributed by atoms with Gasteiger partial charge in [-0.3, -0.25) is 5.41 Å². The SMILES string of the molecule is CC(=N)N1CCCCc2c(C#CC3(C)CC3)cccc21. The highest BCUT2D eigenvalue weighted by Gasteiger charge is 2.35. The van der Waals surface area contributed by atoms with Gasteiger partial charge in [-0.2, -0.15) is 0 Å². The lowest BCUT2D eigenvalue weighted by molar-refractivity contribution is 0.764. The third-order valence-electron chi connectivity index (χ3n) is 4.40. The summed E-state index contributed by atoms with van der Waals surface area (Å²) in [6.07, 6.45) is 5.89. The fraction of sp³-hybridized carbons (Fsp3) is 0.500. The van der Waals surface area contributed by atoms with Crippen LogP contribution in [0.25, 0.3) is 0 Å². The number of benzene rings is 1. The summed E-state index contributed by atoms with van der Waals surface area (Å²) in [5, 5.41) is 7.99. The molecule has 0 saturated heterocycles. The van der Waals surface area contributed by atoms with Crippen LogP contribution in [-0.2, 0) is 6.42 Å². The van der Waals surface area contributed by atoms with Gasteiger partial charge in [0, 0.05) is 23.2 Å². The molecule has 0 unspecified atom stereocenters. The first-order valence-electron chi connectivity index (χ1n) is 7.57. The number of rotatable bonds is 0. The summed E-state index contributed by atoms with van der Waals surface area (Å²) in [4.78, 5) is 2.13. The highest BCUT2D eigenvalue weighted by Crippen LogP contribution is 2.44. The Bertz CT molecular complexity index is 600. The van der Waals surface area contributed by atoms with Crippen molar-refractivity contribution in [1.82, 2.24) is 0 Å². The molecule has 20 heavy (non-hydrogen) atoms. The Morgan fingerprint density at radius 2 is 2.10 bits per heavy atom. The van der Waals surface area contributed by atoms with Gasteiger partial charge in [-0.15, -0.1) is 0 Å². The quantitative estimate of drug-likeness (QED) is 0.429. The fourth-order valence-electron chi connectivity index (χ4n) is 2.78. The Kier molecular flexibility index (Phi) is 3.30. The van der Waals surface area contributed by atoms with Crippen LogP contribution in [0.2, 0.25) is 0 Å². The zero-order chi connectivity index (χ0) is 14.2. The summed E-state index contributed by atoms with van der Waals surface area (Å²) in [7, 11) is 0. The largest absolute Gasteiger partial charge is 0.330 e. The van der Waals surface area contributed by atoms with Gasteiger partial charge in [0.05, 0.1) is 5.84 Å². The summed E-state index contributed by atoms with van der Waals surface area (Å²) < 4.78 is 0. The van der Waals surface area contributed by atoms with Crippen LogP contribution in [0.4, 0.5) is 5.69 Å². The van der Waals surface area contributed by atoms with Crippen LogP contribution in [0.3, 0.4) is 0 Å². The molecule has 3 rings (SSSR count). The van der Waals surface area contributed by atoms with Crippen LogP contribution in [0.5, 0.6) is 0 Å². The Labute approximate surface area is 121 Å². The van der Waals surface area contributed by atoms with Gasteiger partial charge in [-0.05, 0) is 63.6 Å². The molecule has 2 nitrogen and oxygen atoms in total. The van der Waals surface area contributed by atoms with Gasteiger partial charge >= 0.3 is 0 Å². The van der Waals surface area contributed by atoms with Crippen molar-refractivity contribution in [1.29, 1.82) is 5.41 Å². The molecular formula is C18H22N2. The lowest BCUT2D eigenvalue weighted by Crippen LogP contribution is -2.28. The van der Waals surface area contributed by atoms with Crippen molar-refractivity contribution >= 4 is 11.5 Å². The van der Waals surface area contributed by atoms with E-state index in [1.54, 1.807) is 0 Å². The predicted octanol–water partition coefficient (Wildman–Crippen LogP) is 3.98. The molecule has 2 heteroatoms. The summed E-state index contributed by atoms with van der Waals surface area (Å²) in [5.41, 5.74) is 3.98. The summed E-state index contributed by atoms with van der Waals surface area (Å²) in [6.45, 7) is 5.07. The molecule has 1 aromatic carbocycles. The third-order valence-corrected chi connectivity index (χ3v) is 4.40. The second-order valence-corrected chi connectivity index (χ2v) is 6.31. The minimum absolute atomic E-state index is 0.268. The Morgan fingerprint density at radius 1 is 1.30 bits per heavy atom. The Morgan fingerprint density at radius 3 is 2.80 bits per heavy atom. The standard InChI is InChI=1S/C18H22N2/c1-14(19)20-13-4-3-7-16-15(6-5-8-17(16)20)9-10-18(2)11-12-18/h5-6,8,19H,3-4,7,11-13H2,1-2H3. The van der Waals surface area contributed by atoms with E-state index in [4.69, 9.17) is 5.41 Å². The first kappa shape index (κ1) is 13.2. The molecule has 0 amide bonds. The van der Waals surface area contributed by atoms with Crippen molar-refractivity contribution in [3.05, 3.63) is 29.3 Å². The molecule has 1 fully saturated rings. The molecule has 104 valence electrons. The minimum atomic E-state index is 0.268. The second kappa shape index (κ2) is 4.98. The number of anilines is 1. The molecular weight excluding hydrogens is 244 g/mol. The fourth-order valence-corrected chi connectivity index (χ4v) is 2.78. The van der Waals surface area contributed by atoms with Gasteiger partial charge in [0.2, 0.25) is 0 Å². The van der Waals surface area contributed by atoms with Crippen molar-refractivity contribution in [2.24, 2.45) is 5.41 Å². The summed E-state index contributed by atoms with van der Waals surface area (Å²) >= 11 is 0. The average Bonchev–Trinajstić information content (AvgIpc) is 3.18. The zero-order valence-electron chi connectivity index (χ0n) is 12.4. The van der Waals surface area contributed by atoms with Crippen LogP contribution < -0.4 is 4.90 Å². The van der Waals surface area contributed by atoms with E-state index < -0.39 is 0 Å². The van der Waals surface area contributed by atoms with Crippen LogP contribution in [0.15, 0.2) is 18.2 Å². The molecule has 1 aliphatic heterocycles. The molecule has 1 heterocycles. The molecule has 0 aromatic heterocycles. The van der Waals surface area contributed by atoms with Crippen molar-refractivity contribution < 1.29 is 0 Å². The number of hydrogen-bond donors (Lipinski definition) is 1. The molecule has 0 atom stereocenters. The number of hydrogen-bond acceptors (Lipinski definition) is 1. The predicted molar refractivity (Wildman–Crippen MR) is 84.3 cm³/mol. The maximum absolute atomic E-state index is 7.99. The van der Waals surface area contributed by atoms with Crippen molar-refractivity contribution in [3.8, 4) is 11.8 Å². The molecule has 2 aliphatic rings. The van der Waals surface area contributed by atoms with Gasteiger partial charge in [-0.25, -0.2) is 0 Å². The zero-order valence-corrected chi connectivity index (χ0v) is 12.4. The molecule has 0 radical (unpaired) electrons. The van der Waals surface area contributed by atoms with Gasteiger partial charge in [-0.1, -0.05) is 17.9 Å². The van der Waals surface area contributed by atoms with E-state index in [1.807, 2.05) is 6.92 Å². The highest BCUT2D eigenvalue weighted by molar-refractivity contribution is 5.94. The van der Waals surface area contributed by atoms with E-state index in [0.29, 0.717) is 5.84 Å². The van der Waals surface area contributed by atoms with E-state index in [0.717, 1.165) is 19.4 Å². The summed E-state index contributed by atoms with van der Waals surface area (Å²) in [5.74, 6) is 7.49. The second-order valence-electron chi connectivity index (χ2n) is 6.31. The van der Waals surface area contributed by atoms with Gasteiger partial charge in [0.15, 0.2) is 0 Å². The molecule has 1 N–H and O–H groups in total. The topological polar surface area (TPSA) is 27.1 Å². The smallest absolute Gasteiger partial charge is 0.0970 e. The number of amidine groups is 1. The van der Waals surface area contributed by atoms with Gasteiger partial charge in [0.25, 0.3) is 0 Å². The number of nitrogens with zero attached hydrogens (tertiary/aromatic N) is 1. The Balaban J connectivity index is 2.02. The maximum atomic E-state index is 7.99. The lowest BCUT2D eigenvalue weighted by Gasteiger charge is -2.23. The van der Waals surface area contributed by atoms with Crippen molar-refractivity contribution in [2.75, 3.05) is 11.4 Å². The third kappa shape index (κ3) is 2.58. The molecule has 1 aromatic rings. The van der Waals surface area contributed by atoms with E-state index >= 15 is 0 Å². The monoisotopic (exact) mass is 266 g/mol. The molecule has 0 spiro atoms. The van der Waals surface area contributed by atoms with Gasteiger partial charge < -0.3 is 4.90 Å². The van der Waals surface area contributed by atoms with Crippen molar-refractivity contribution in [3.63, 3.8) is 0 Å². The van der Waals surface area contributed by atoms with Crippen LogP contribution in [0, 0.1) is 22.7 Å². The summed E-state index contributed by atoms with van der Waals surface area (Å²) in [6, 6.07) is 6.36. The van der Waals surface area contributed by atoms with Crippen LogP contribution in [-0.4, -0.2) is 12.4 Å². The van der Waals surface area contributed by atoms with Crippen LogP contribution >= 0.6 is 0 Å². The van der Waals surface area contributed by atoms with E-state index in [2.05, 4.69) is 41.9 Å². The number of nitrogens with one attached hydrogen (secondary N) is 1. The minimum Gasteiger partial charge on any atom is -0.330 e. The van der Waals surface area contributed by atoms with E-state index in [1.165, 1.54) is 36.1 Å². The number of fused-ring (bicyclic) bond motifs is 1. The molecule has 1 saturated carbocycles. The van der Waals surface area contributed by atoms with E-state index in [9.17, 15) is 0 Å². The molecule has 0 bridgehead atoms. The Hall–Kier alpha value is -1.75. The normalized spacial score (nSPS) is 19.4. The van der Waals surface area contributed by atoms with Crippen LogP contribution in [0.1, 0.15) is 50.7 Å². The van der Waals surface area contributed by atoms with E-state index in [-0.39, 0.29) is 5.41 Å². The first-order chi connectivity index (χ1) is 9.59. The molecule has 1 aliphatic carbocycles. The van der Waals surface area contributed by atoms with Crippen molar-refractivity contribution in [2.45, 2.75) is 46.0 Å².